The monoisotopic (exact) mass is 284 g/mol. The number of hydrogen-bond donors (Lipinski definition) is 1. The predicted molar refractivity (Wildman–Crippen MR) is 82.8 cm³/mol. The molecule has 0 aliphatic heterocycles. The molecule has 2 heterocycles. The Labute approximate surface area is 124 Å². The van der Waals surface area contributed by atoms with Gasteiger partial charge in [-0.25, -0.2) is 0 Å². The van der Waals surface area contributed by atoms with Crippen molar-refractivity contribution in [3.8, 4) is 0 Å². The van der Waals surface area contributed by atoms with E-state index in [-0.39, 0.29) is 6.04 Å². The third-order valence-electron chi connectivity index (χ3n) is 3.88. The van der Waals surface area contributed by atoms with Crippen molar-refractivity contribution in [3.05, 3.63) is 60.2 Å². The molecule has 0 bridgehead atoms. The van der Waals surface area contributed by atoms with Crippen LogP contribution in [0.2, 0.25) is 0 Å². The van der Waals surface area contributed by atoms with Gasteiger partial charge in [-0.2, -0.15) is 0 Å². The molecular formula is C17H20N2O2. The summed E-state index contributed by atoms with van der Waals surface area (Å²) in [6, 6.07) is 12.1. The molecular weight excluding hydrogens is 264 g/mol. The molecule has 2 N–H and O–H groups in total. The zero-order chi connectivity index (χ0) is 14.7. The van der Waals surface area contributed by atoms with Gasteiger partial charge in [-0.3, -0.25) is 4.90 Å². The number of benzene rings is 1. The fourth-order valence-electron chi connectivity index (χ4n) is 2.77. The molecule has 110 valence electrons. The number of rotatable bonds is 6. The Morgan fingerprint density at radius 1 is 1.14 bits per heavy atom. The van der Waals surface area contributed by atoms with Crippen LogP contribution in [-0.4, -0.2) is 18.0 Å². The van der Waals surface area contributed by atoms with Gasteiger partial charge in [0.1, 0.15) is 11.3 Å². The Morgan fingerprint density at radius 3 is 2.71 bits per heavy atom. The van der Waals surface area contributed by atoms with Crippen molar-refractivity contribution >= 4 is 11.0 Å². The Balaban J connectivity index is 1.92. The van der Waals surface area contributed by atoms with E-state index >= 15 is 0 Å². The van der Waals surface area contributed by atoms with E-state index in [1.165, 1.54) is 0 Å². The number of fused-ring (bicyclic) bond motifs is 1. The quantitative estimate of drug-likeness (QED) is 0.752. The van der Waals surface area contributed by atoms with Crippen molar-refractivity contribution < 1.29 is 8.83 Å². The van der Waals surface area contributed by atoms with Crippen LogP contribution in [0.25, 0.3) is 11.0 Å². The molecule has 4 nitrogen and oxygen atoms in total. The topological polar surface area (TPSA) is 55.5 Å². The summed E-state index contributed by atoms with van der Waals surface area (Å²) in [4.78, 5) is 2.30. The number of likely N-dealkylation sites (N-methyl/N-ethyl adjacent to an activating group) is 1. The predicted octanol–water partition coefficient (Wildman–Crippen LogP) is 3.55. The molecule has 0 spiro atoms. The SMILES string of the molecule is CCN(Cc1ccco1)C(CN)c1coc2ccccc12. The Bertz CT molecular complexity index is 688. The van der Waals surface area contributed by atoms with Crippen LogP contribution in [-0.2, 0) is 6.54 Å². The van der Waals surface area contributed by atoms with Gasteiger partial charge < -0.3 is 14.6 Å². The molecule has 3 aromatic rings. The number of nitrogens with two attached hydrogens (primary N) is 1. The van der Waals surface area contributed by atoms with Gasteiger partial charge in [-0.15, -0.1) is 0 Å². The summed E-state index contributed by atoms with van der Waals surface area (Å²) in [5, 5.41) is 1.13. The largest absolute Gasteiger partial charge is 0.468 e. The molecule has 1 aromatic carbocycles. The number of para-hydroxylation sites is 1. The van der Waals surface area contributed by atoms with Crippen molar-refractivity contribution in [1.82, 2.24) is 4.90 Å². The third kappa shape index (κ3) is 2.73. The maximum Gasteiger partial charge on any atom is 0.134 e. The van der Waals surface area contributed by atoms with Crippen LogP contribution >= 0.6 is 0 Å². The van der Waals surface area contributed by atoms with Gasteiger partial charge in [0.05, 0.1) is 25.1 Å². The second kappa shape index (κ2) is 6.16. The standard InChI is InChI=1S/C17H20N2O2/c1-2-19(11-13-6-5-9-20-13)16(10-18)15-12-21-17-8-4-3-7-14(15)17/h3-9,12,16H,2,10-11,18H2,1H3. The van der Waals surface area contributed by atoms with Crippen LogP contribution in [0.5, 0.6) is 0 Å². The van der Waals surface area contributed by atoms with Crippen LogP contribution in [0.4, 0.5) is 0 Å². The Kier molecular flexibility index (Phi) is 4.08. The average Bonchev–Trinajstić information content (AvgIpc) is 3.17. The summed E-state index contributed by atoms with van der Waals surface area (Å²) in [6.07, 6.45) is 3.53. The van der Waals surface area contributed by atoms with Gasteiger partial charge in [-0.05, 0) is 24.7 Å². The van der Waals surface area contributed by atoms with Crippen molar-refractivity contribution in [3.63, 3.8) is 0 Å². The average molecular weight is 284 g/mol. The lowest BCUT2D eigenvalue weighted by atomic mass is 10.0. The molecule has 0 radical (unpaired) electrons. The van der Waals surface area contributed by atoms with Crippen molar-refractivity contribution in [1.29, 1.82) is 0 Å². The minimum absolute atomic E-state index is 0.115. The first-order chi connectivity index (χ1) is 10.3. The van der Waals surface area contributed by atoms with Crippen LogP contribution in [0.3, 0.4) is 0 Å². The lowest BCUT2D eigenvalue weighted by Gasteiger charge is -2.28. The van der Waals surface area contributed by atoms with E-state index in [0.717, 1.165) is 35.4 Å². The summed E-state index contributed by atoms with van der Waals surface area (Å²) in [6.45, 7) is 4.30. The zero-order valence-corrected chi connectivity index (χ0v) is 12.2. The minimum Gasteiger partial charge on any atom is -0.468 e. The smallest absolute Gasteiger partial charge is 0.134 e. The highest BCUT2D eigenvalue weighted by Gasteiger charge is 2.22. The van der Waals surface area contributed by atoms with Gasteiger partial charge in [0.25, 0.3) is 0 Å². The Hall–Kier alpha value is -2.04. The highest BCUT2D eigenvalue weighted by atomic mass is 16.3. The van der Waals surface area contributed by atoms with Gasteiger partial charge in [-0.1, -0.05) is 25.1 Å². The van der Waals surface area contributed by atoms with E-state index in [9.17, 15) is 0 Å². The summed E-state index contributed by atoms with van der Waals surface area (Å²) in [5.41, 5.74) is 8.09. The van der Waals surface area contributed by atoms with E-state index in [4.69, 9.17) is 14.6 Å². The van der Waals surface area contributed by atoms with E-state index in [1.807, 2.05) is 36.6 Å². The number of furan rings is 2. The van der Waals surface area contributed by atoms with E-state index in [0.29, 0.717) is 6.54 Å². The van der Waals surface area contributed by atoms with Crippen molar-refractivity contribution in [2.24, 2.45) is 5.73 Å². The van der Waals surface area contributed by atoms with Crippen molar-refractivity contribution in [2.45, 2.75) is 19.5 Å². The summed E-state index contributed by atoms with van der Waals surface area (Å²) >= 11 is 0. The van der Waals surface area contributed by atoms with Crippen LogP contribution < -0.4 is 5.73 Å². The molecule has 0 saturated carbocycles. The summed E-state index contributed by atoms with van der Waals surface area (Å²) in [5.74, 6) is 0.947. The molecule has 0 amide bonds. The van der Waals surface area contributed by atoms with Crippen molar-refractivity contribution in [2.75, 3.05) is 13.1 Å². The molecule has 1 unspecified atom stereocenters. The van der Waals surface area contributed by atoms with Crippen LogP contribution in [0, 0.1) is 0 Å². The fraction of sp³-hybridized carbons (Fsp3) is 0.294. The molecule has 0 fully saturated rings. The number of nitrogens with zero attached hydrogens (tertiary/aromatic N) is 1. The van der Waals surface area contributed by atoms with Gasteiger partial charge in [0.15, 0.2) is 0 Å². The molecule has 3 rings (SSSR count). The Morgan fingerprint density at radius 2 is 2.00 bits per heavy atom. The number of hydrogen-bond acceptors (Lipinski definition) is 4. The minimum atomic E-state index is 0.115. The maximum absolute atomic E-state index is 6.05. The van der Waals surface area contributed by atoms with E-state index in [2.05, 4.69) is 17.9 Å². The second-order valence-corrected chi connectivity index (χ2v) is 5.08. The van der Waals surface area contributed by atoms with Crippen LogP contribution in [0.15, 0.2) is 57.8 Å². The fourth-order valence-corrected chi connectivity index (χ4v) is 2.77. The highest BCUT2D eigenvalue weighted by Crippen LogP contribution is 2.30. The molecule has 21 heavy (non-hydrogen) atoms. The first kappa shape index (κ1) is 13.9. The molecule has 0 saturated heterocycles. The summed E-state index contributed by atoms with van der Waals surface area (Å²) in [7, 11) is 0. The highest BCUT2D eigenvalue weighted by molar-refractivity contribution is 5.81. The molecule has 2 aromatic heterocycles. The molecule has 0 aliphatic carbocycles. The molecule has 1 atom stereocenters. The van der Waals surface area contributed by atoms with E-state index < -0.39 is 0 Å². The third-order valence-corrected chi connectivity index (χ3v) is 3.88. The first-order valence-electron chi connectivity index (χ1n) is 7.26. The molecule has 4 heteroatoms. The van der Waals surface area contributed by atoms with Gasteiger partial charge in [0, 0.05) is 17.5 Å². The lowest BCUT2D eigenvalue weighted by molar-refractivity contribution is 0.188. The van der Waals surface area contributed by atoms with Gasteiger partial charge >= 0.3 is 0 Å². The zero-order valence-electron chi connectivity index (χ0n) is 12.2. The maximum atomic E-state index is 6.05. The van der Waals surface area contributed by atoms with Gasteiger partial charge in [0.2, 0.25) is 0 Å². The van der Waals surface area contributed by atoms with E-state index in [1.54, 1.807) is 6.26 Å². The second-order valence-electron chi connectivity index (χ2n) is 5.08. The first-order valence-corrected chi connectivity index (χ1v) is 7.26. The van der Waals surface area contributed by atoms with Crippen LogP contribution in [0.1, 0.15) is 24.3 Å². The lowest BCUT2D eigenvalue weighted by Crippen LogP contribution is -2.33. The normalized spacial score (nSPS) is 13.1. The summed E-state index contributed by atoms with van der Waals surface area (Å²) < 4.78 is 11.1. The molecule has 0 aliphatic rings.